The normalized spacial score (nSPS) is 23.7. The lowest BCUT2D eigenvalue weighted by molar-refractivity contribution is -0.274. The molecule has 0 aromatic heterocycles. The van der Waals surface area contributed by atoms with Crippen molar-refractivity contribution in [2.24, 2.45) is 0 Å². The Balaban J connectivity index is 1.48. The van der Waals surface area contributed by atoms with Crippen LogP contribution < -0.4 is 4.74 Å². The van der Waals surface area contributed by atoms with Crippen molar-refractivity contribution in [2.45, 2.75) is 50.6 Å². The molecule has 0 spiro atoms. The maximum absolute atomic E-state index is 12.2. The van der Waals surface area contributed by atoms with Crippen LogP contribution in [0.15, 0.2) is 48.5 Å². The predicted octanol–water partition coefficient (Wildman–Crippen LogP) is 5.94. The summed E-state index contributed by atoms with van der Waals surface area (Å²) in [7, 11) is 0. The Morgan fingerprint density at radius 2 is 1.46 bits per heavy atom. The van der Waals surface area contributed by atoms with E-state index in [0.29, 0.717) is 6.04 Å². The van der Waals surface area contributed by atoms with Crippen LogP contribution in [0.5, 0.6) is 5.75 Å². The van der Waals surface area contributed by atoms with Gasteiger partial charge in [0.25, 0.3) is 0 Å². The smallest absolute Gasteiger partial charge is 0.406 e. The molecule has 2 aromatic rings. The monoisotopic (exact) mass is 361 g/mol. The van der Waals surface area contributed by atoms with Crippen molar-refractivity contribution < 1.29 is 17.9 Å². The molecule has 2 saturated heterocycles. The third kappa shape index (κ3) is 3.73. The molecule has 2 aliphatic heterocycles. The summed E-state index contributed by atoms with van der Waals surface area (Å²) in [5, 5.41) is 0. The summed E-state index contributed by atoms with van der Waals surface area (Å²) >= 11 is 0. The van der Waals surface area contributed by atoms with Crippen LogP contribution in [-0.2, 0) is 0 Å². The fourth-order valence-electron chi connectivity index (χ4n) is 4.36. The Morgan fingerprint density at radius 3 is 2.12 bits per heavy atom. The third-order valence-electron chi connectivity index (χ3n) is 5.56. The van der Waals surface area contributed by atoms with Crippen LogP contribution in [0, 0.1) is 0 Å². The molecule has 138 valence electrons. The first-order valence-electron chi connectivity index (χ1n) is 9.21. The number of benzene rings is 2. The van der Waals surface area contributed by atoms with Gasteiger partial charge in [0, 0.05) is 12.1 Å². The zero-order chi connectivity index (χ0) is 18.1. The maximum Gasteiger partial charge on any atom is 0.573 e. The first-order valence-corrected chi connectivity index (χ1v) is 9.21. The topological polar surface area (TPSA) is 12.5 Å². The average molecular weight is 361 g/mol. The lowest BCUT2D eigenvalue weighted by atomic mass is 9.99. The molecule has 2 aliphatic rings. The molecule has 0 unspecified atom stereocenters. The number of alkyl halides is 3. The molecule has 5 heteroatoms. The van der Waals surface area contributed by atoms with Crippen LogP contribution in [0.4, 0.5) is 13.2 Å². The molecule has 2 aromatic carbocycles. The van der Waals surface area contributed by atoms with Crippen molar-refractivity contribution in [3.63, 3.8) is 0 Å². The van der Waals surface area contributed by atoms with Gasteiger partial charge in [0.15, 0.2) is 0 Å². The highest BCUT2D eigenvalue weighted by atomic mass is 19.4. The largest absolute Gasteiger partial charge is 0.573 e. The van der Waals surface area contributed by atoms with Crippen LogP contribution in [0.1, 0.15) is 43.7 Å². The first kappa shape index (κ1) is 17.4. The van der Waals surface area contributed by atoms with Gasteiger partial charge in [-0.2, -0.15) is 0 Å². The van der Waals surface area contributed by atoms with Gasteiger partial charge in [0.05, 0.1) is 0 Å². The highest BCUT2D eigenvalue weighted by Crippen LogP contribution is 2.40. The highest BCUT2D eigenvalue weighted by molar-refractivity contribution is 5.64. The lowest BCUT2D eigenvalue weighted by Gasteiger charge is -2.34. The number of fused-ring (bicyclic) bond motifs is 1. The summed E-state index contributed by atoms with van der Waals surface area (Å²) in [5.74, 6) is -0.194. The van der Waals surface area contributed by atoms with Crippen molar-refractivity contribution in [3.8, 4) is 16.9 Å². The fraction of sp³-hybridized carbons (Fsp3) is 0.429. The van der Waals surface area contributed by atoms with E-state index >= 15 is 0 Å². The quantitative estimate of drug-likeness (QED) is 0.671. The highest BCUT2D eigenvalue weighted by Gasteiger charge is 2.35. The second kappa shape index (κ2) is 6.95. The van der Waals surface area contributed by atoms with Gasteiger partial charge in [-0.3, -0.25) is 4.90 Å². The van der Waals surface area contributed by atoms with Crippen molar-refractivity contribution in [1.82, 2.24) is 4.90 Å². The predicted molar refractivity (Wildman–Crippen MR) is 94.9 cm³/mol. The molecule has 0 radical (unpaired) electrons. The Hall–Kier alpha value is -2.01. The molecule has 26 heavy (non-hydrogen) atoms. The van der Waals surface area contributed by atoms with Gasteiger partial charge >= 0.3 is 6.36 Å². The summed E-state index contributed by atoms with van der Waals surface area (Å²) in [6, 6.07) is 15.7. The van der Waals surface area contributed by atoms with E-state index in [1.54, 1.807) is 12.1 Å². The van der Waals surface area contributed by atoms with Crippen molar-refractivity contribution >= 4 is 0 Å². The fourth-order valence-corrected chi connectivity index (χ4v) is 4.36. The van der Waals surface area contributed by atoms with E-state index in [2.05, 4.69) is 33.9 Å². The number of ether oxygens (including phenoxy) is 1. The van der Waals surface area contributed by atoms with Gasteiger partial charge < -0.3 is 4.74 Å². The molecular formula is C21H22F3NO. The molecule has 4 rings (SSSR count). The van der Waals surface area contributed by atoms with Gasteiger partial charge in [0.2, 0.25) is 0 Å². The Kier molecular flexibility index (Phi) is 4.65. The van der Waals surface area contributed by atoms with Crippen molar-refractivity contribution in [3.05, 3.63) is 54.1 Å². The molecular weight excluding hydrogens is 339 g/mol. The number of halogens is 3. The Bertz CT molecular complexity index is 739. The average Bonchev–Trinajstić information content (AvgIpc) is 3.05. The summed E-state index contributed by atoms with van der Waals surface area (Å²) in [6.07, 6.45) is 1.80. The molecule has 0 saturated carbocycles. The minimum absolute atomic E-state index is 0.194. The molecule has 0 N–H and O–H groups in total. The van der Waals surface area contributed by atoms with Gasteiger partial charge in [-0.1, -0.05) is 42.8 Å². The third-order valence-corrected chi connectivity index (χ3v) is 5.56. The number of nitrogens with zero attached hydrogens (tertiary/aromatic N) is 1. The van der Waals surface area contributed by atoms with Crippen molar-refractivity contribution in [1.29, 1.82) is 0 Å². The molecule has 0 bridgehead atoms. The Morgan fingerprint density at radius 1 is 0.808 bits per heavy atom. The van der Waals surface area contributed by atoms with Gasteiger partial charge in [-0.25, -0.2) is 0 Å². The zero-order valence-electron chi connectivity index (χ0n) is 14.5. The molecule has 2 fully saturated rings. The minimum atomic E-state index is -4.66. The number of hydrogen-bond donors (Lipinski definition) is 0. The second-order valence-corrected chi connectivity index (χ2v) is 7.17. The first-order chi connectivity index (χ1) is 12.5. The minimum Gasteiger partial charge on any atom is -0.406 e. The number of rotatable bonds is 3. The number of hydrogen-bond acceptors (Lipinski definition) is 2. The van der Waals surface area contributed by atoms with E-state index in [1.165, 1.54) is 56.3 Å². The summed E-state index contributed by atoms with van der Waals surface area (Å²) in [4.78, 5) is 2.65. The summed E-state index contributed by atoms with van der Waals surface area (Å²) in [6.45, 7) is 1.19. The molecule has 2 atom stereocenters. The van der Waals surface area contributed by atoms with E-state index in [0.717, 1.165) is 17.2 Å². The van der Waals surface area contributed by atoms with Crippen LogP contribution in [0.25, 0.3) is 11.1 Å². The van der Waals surface area contributed by atoms with E-state index in [9.17, 15) is 13.2 Å². The summed E-state index contributed by atoms with van der Waals surface area (Å²) in [5.41, 5.74) is 3.23. The van der Waals surface area contributed by atoms with Gasteiger partial charge in [-0.15, -0.1) is 13.2 Å². The zero-order valence-corrected chi connectivity index (χ0v) is 14.5. The van der Waals surface area contributed by atoms with E-state index in [4.69, 9.17) is 0 Å². The Labute approximate surface area is 151 Å². The second-order valence-electron chi connectivity index (χ2n) is 7.17. The SMILES string of the molecule is FC(F)(F)Oc1ccc(-c2ccc([C@H]3CC[C@H]4CCCCN43)cc2)cc1. The molecule has 0 aliphatic carbocycles. The van der Waals surface area contributed by atoms with E-state index in [1.807, 2.05) is 0 Å². The standard InChI is InChI=1S/C21H22F3NO/c22-21(23,24)26-19-11-8-16(9-12-19)15-4-6-17(7-5-15)20-13-10-18-3-1-2-14-25(18)20/h4-9,11-12,18,20H,1-3,10,13-14H2/t18-,20-/m1/s1. The van der Waals surface area contributed by atoms with Crippen LogP contribution in [-0.4, -0.2) is 23.8 Å². The van der Waals surface area contributed by atoms with Crippen LogP contribution in [0.3, 0.4) is 0 Å². The molecule has 2 nitrogen and oxygen atoms in total. The van der Waals surface area contributed by atoms with Gasteiger partial charge in [-0.05, 0) is 61.1 Å². The number of piperidine rings is 1. The maximum atomic E-state index is 12.2. The molecule has 2 heterocycles. The van der Waals surface area contributed by atoms with Crippen LogP contribution >= 0.6 is 0 Å². The van der Waals surface area contributed by atoms with E-state index in [-0.39, 0.29) is 5.75 Å². The van der Waals surface area contributed by atoms with Crippen molar-refractivity contribution in [2.75, 3.05) is 6.54 Å². The van der Waals surface area contributed by atoms with Gasteiger partial charge in [0.1, 0.15) is 5.75 Å². The molecule has 0 amide bonds. The van der Waals surface area contributed by atoms with E-state index < -0.39 is 6.36 Å². The summed E-state index contributed by atoms with van der Waals surface area (Å²) < 4.78 is 40.7. The lowest BCUT2D eigenvalue weighted by Crippen LogP contribution is -2.35. The van der Waals surface area contributed by atoms with Crippen LogP contribution in [0.2, 0.25) is 0 Å².